The smallest absolute Gasteiger partial charge is 0.359 e. The van der Waals surface area contributed by atoms with Gasteiger partial charge in [0.05, 0.1) is 45.5 Å². The number of hydrogen-bond acceptors (Lipinski definition) is 11. The highest BCUT2D eigenvalue weighted by Crippen LogP contribution is 2.26. The lowest BCUT2D eigenvalue weighted by Crippen LogP contribution is -2.23. The highest BCUT2D eigenvalue weighted by molar-refractivity contribution is 7.86. The largest absolute Gasteiger partial charge is 0.461 e. The summed E-state index contributed by atoms with van der Waals surface area (Å²) in [5.41, 5.74) is -1.78. The van der Waals surface area contributed by atoms with E-state index in [4.69, 9.17) is 9.47 Å². The van der Waals surface area contributed by atoms with Crippen molar-refractivity contribution in [3.63, 3.8) is 0 Å². The van der Waals surface area contributed by atoms with E-state index in [-0.39, 0.29) is 41.4 Å². The first kappa shape index (κ1) is 32.7. The van der Waals surface area contributed by atoms with Crippen LogP contribution in [0.25, 0.3) is 11.8 Å². The third-order valence-electron chi connectivity index (χ3n) is 6.05. The highest BCUT2D eigenvalue weighted by Gasteiger charge is 2.36. The molecule has 1 aliphatic heterocycles. The Balaban J connectivity index is 1.75. The van der Waals surface area contributed by atoms with E-state index in [1.165, 1.54) is 43.3 Å². The summed E-state index contributed by atoms with van der Waals surface area (Å²) in [4.78, 5) is 51.0. The number of nitrogens with zero attached hydrogens (tertiary/aromatic N) is 3. The molecule has 0 fully saturated rings. The first-order valence-electron chi connectivity index (χ1n) is 12.8. The molecule has 0 saturated carbocycles. The number of H-pyrrole nitrogens is 1. The summed E-state index contributed by atoms with van der Waals surface area (Å²) in [6.07, 6.45) is 3.52. The molecule has 0 bridgehead atoms. The fourth-order valence-electron chi connectivity index (χ4n) is 4.00. The summed E-state index contributed by atoms with van der Waals surface area (Å²) in [7, 11) is -9.01. The molecule has 18 heteroatoms. The van der Waals surface area contributed by atoms with Crippen molar-refractivity contribution in [1.82, 2.24) is 9.78 Å². The first-order chi connectivity index (χ1) is 21.2. The van der Waals surface area contributed by atoms with Crippen molar-refractivity contribution < 1.29 is 49.8 Å². The van der Waals surface area contributed by atoms with Crippen LogP contribution < -0.4 is 10.6 Å². The quantitative estimate of drug-likeness (QED) is 0.160. The van der Waals surface area contributed by atoms with E-state index in [2.05, 4.69) is 10.2 Å². The lowest BCUT2D eigenvalue weighted by molar-refractivity contribution is -0.135. The second-order valence-electron chi connectivity index (χ2n) is 8.92. The van der Waals surface area contributed by atoms with Gasteiger partial charge in [-0.05, 0) is 74.5 Å². The molecule has 1 aliphatic rings. The standard InChI is InChI=1S/C27H24N4O12S2/c1-3-42-26(34)22-20(24(32)30(28-22)16-8-12-18(13-9-16)44(36,37)38)6-5-7-21-23(27(35)43-4-2)29-31(25(21)33)17-10-14-19(15-11-17)45(39,40)41/h5-15,28H,3-4H2,1-2H3,(H,36,37,38)(H,39,40,41)/b6-5?,21-7-. The van der Waals surface area contributed by atoms with Crippen LogP contribution in [-0.4, -0.2) is 72.5 Å². The molecule has 3 N–H and O–H groups in total. The Labute approximate surface area is 255 Å². The summed E-state index contributed by atoms with van der Waals surface area (Å²) in [6.45, 7) is 3.01. The van der Waals surface area contributed by atoms with E-state index in [0.29, 0.717) is 0 Å². The summed E-state index contributed by atoms with van der Waals surface area (Å²) >= 11 is 0. The number of hydrogen-bond donors (Lipinski definition) is 3. The van der Waals surface area contributed by atoms with Crippen molar-refractivity contribution in [3.05, 3.63) is 87.9 Å². The number of aromatic amines is 1. The normalized spacial score (nSPS) is 14.7. The zero-order valence-corrected chi connectivity index (χ0v) is 25.0. The van der Waals surface area contributed by atoms with Gasteiger partial charge in [-0.25, -0.2) is 14.3 Å². The van der Waals surface area contributed by atoms with Gasteiger partial charge in [-0.3, -0.25) is 23.8 Å². The zero-order valence-electron chi connectivity index (χ0n) is 23.4. The molecular formula is C27H24N4O12S2. The number of hydrazone groups is 1. The molecule has 1 amide bonds. The molecule has 0 spiro atoms. The van der Waals surface area contributed by atoms with Crippen LogP contribution in [0, 0.1) is 0 Å². The Morgan fingerprint density at radius 3 is 1.87 bits per heavy atom. The van der Waals surface area contributed by atoms with Gasteiger partial charge in [0, 0.05) is 0 Å². The van der Waals surface area contributed by atoms with Gasteiger partial charge < -0.3 is 9.47 Å². The van der Waals surface area contributed by atoms with Gasteiger partial charge in [0.1, 0.15) is 0 Å². The molecule has 45 heavy (non-hydrogen) atoms. The number of carbonyl (C=O) groups excluding carboxylic acids is 3. The predicted molar refractivity (Wildman–Crippen MR) is 157 cm³/mol. The van der Waals surface area contributed by atoms with Crippen LogP contribution >= 0.6 is 0 Å². The van der Waals surface area contributed by atoms with Gasteiger partial charge in [0.25, 0.3) is 31.7 Å². The SMILES string of the molecule is CCOC(=O)C1=NN(c2ccc(S(=O)(=O)O)cc2)C(=O)/C1=C\C=Cc1c(C(=O)OCC)[nH]n(-c2ccc(S(=O)(=O)O)cc2)c1=O. The minimum atomic E-state index is -4.51. The summed E-state index contributed by atoms with van der Waals surface area (Å²) in [5, 5.41) is 7.42. The number of nitrogens with one attached hydrogen (secondary N) is 1. The first-order valence-corrected chi connectivity index (χ1v) is 15.7. The second-order valence-corrected chi connectivity index (χ2v) is 11.8. The number of aromatic nitrogens is 2. The molecule has 0 aliphatic carbocycles. The molecule has 3 aromatic rings. The fourth-order valence-corrected chi connectivity index (χ4v) is 4.96. The highest BCUT2D eigenvalue weighted by atomic mass is 32.2. The maximum atomic E-state index is 13.3. The number of amides is 1. The summed E-state index contributed by atoms with van der Waals surface area (Å²) < 4.78 is 74.9. The molecule has 236 valence electrons. The minimum Gasteiger partial charge on any atom is -0.461 e. The topological polar surface area (TPSA) is 232 Å². The maximum Gasteiger partial charge on any atom is 0.359 e. The van der Waals surface area contributed by atoms with Gasteiger partial charge in [-0.2, -0.15) is 26.9 Å². The Hall–Kier alpha value is -5.17. The van der Waals surface area contributed by atoms with E-state index in [9.17, 15) is 45.1 Å². The number of ether oxygens (including phenoxy) is 2. The second kappa shape index (κ2) is 12.8. The monoisotopic (exact) mass is 660 g/mol. The van der Waals surface area contributed by atoms with Crippen molar-refractivity contribution in [2.75, 3.05) is 18.2 Å². The van der Waals surface area contributed by atoms with Crippen LogP contribution in [0.3, 0.4) is 0 Å². The summed E-state index contributed by atoms with van der Waals surface area (Å²) in [6, 6.07) is 8.94. The van der Waals surface area contributed by atoms with Crippen molar-refractivity contribution in [3.8, 4) is 5.69 Å². The number of esters is 2. The average molecular weight is 661 g/mol. The number of allylic oxidation sites excluding steroid dienone is 2. The number of anilines is 1. The fraction of sp³-hybridized carbons (Fsp3) is 0.148. The van der Waals surface area contributed by atoms with E-state index in [1.807, 2.05) is 0 Å². The zero-order chi connectivity index (χ0) is 33.1. The van der Waals surface area contributed by atoms with Crippen molar-refractivity contribution in [2.24, 2.45) is 5.10 Å². The van der Waals surface area contributed by atoms with E-state index in [1.54, 1.807) is 6.92 Å². The van der Waals surface area contributed by atoms with Crippen LogP contribution in [0.2, 0.25) is 0 Å². The molecule has 1 aromatic heterocycles. The van der Waals surface area contributed by atoms with Gasteiger partial charge in [-0.1, -0.05) is 6.08 Å². The number of rotatable bonds is 10. The number of carbonyl (C=O) groups is 3. The predicted octanol–water partition coefficient (Wildman–Crippen LogP) is 1.74. The number of benzene rings is 2. The third kappa shape index (κ3) is 6.99. The molecule has 0 saturated heterocycles. The molecule has 2 aromatic carbocycles. The molecule has 16 nitrogen and oxygen atoms in total. The molecule has 0 atom stereocenters. The van der Waals surface area contributed by atoms with Crippen molar-refractivity contribution in [2.45, 2.75) is 23.6 Å². The Bertz CT molecular complexity index is 2040. The van der Waals surface area contributed by atoms with Crippen LogP contribution in [0.1, 0.15) is 29.9 Å². The van der Waals surface area contributed by atoms with Gasteiger partial charge in [0.2, 0.25) is 0 Å². The van der Waals surface area contributed by atoms with E-state index < -0.39 is 59.1 Å². The summed E-state index contributed by atoms with van der Waals surface area (Å²) in [5.74, 6) is -2.68. The van der Waals surface area contributed by atoms with Gasteiger partial charge >= 0.3 is 11.9 Å². The molecule has 0 unspecified atom stereocenters. The third-order valence-corrected chi connectivity index (χ3v) is 7.79. The Morgan fingerprint density at radius 2 is 1.36 bits per heavy atom. The maximum absolute atomic E-state index is 13.3. The van der Waals surface area contributed by atoms with Crippen LogP contribution in [0.15, 0.2) is 85.9 Å². The minimum absolute atomic E-state index is 0.0305. The molecule has 2 heterocycles. The van der Waals surface area contributed by atoms with E-state index in [0.717, 1.165) is 40.0 Å². The van der Waals surface area contributed by atoms with Crippen molar-refractivity contribution >= 4 is 55.6 Å². The van der Waals surface area contributed by atoms with Gasteiger partial charge in [-0.15, -0.1) is 0 Å². The molecule has 0 radical (unpaired) electrons. The lowest BCUT2D eigenvalue weighted by atomic mass is 10.1. The van der Waals surface area contributed by atoms with Crippen LogP contribution in [0.4, 0.5) is 5.69 Å². The molecular weight excluding hydrogens is 636 g/mol. The van der Waals surface area contributed by atoms with Gasteiger partial charge in [0.15, 0.2) is 11.4 Å². The molecule has 4 rings (SSSR count). The van der Waals surface area contributed by atoms with Crippen LogP contribution in [-0.2, 0) is 39.3 Å². The van der Waals surface area contributed by atoms with E-state index >= 15 is 0 Å². The lowest BCUT2D eigenvalue weighted by Gasteiger charge is -2.11. The van der Waals surface area contributed by atoms with Crippen LogP contribution in [0.5, 0.6) is 0 Å². The average Bonchev–Trinajstić information content (AvgIpc) is 3.49. The Morgan fingerprint density at radius 1 is 0.844 bits per heavy atom. The Kier molecular flexibility index (Phi) is 9.33. The van der Waals surface area contributed by atoms with Crippen molar-refractivity contribution in [1.29, 1.82) is 0 Å².